The summed E-state index contributed by atoms with van der Waals surface area (Å²) in [6.07, 6.45) is 2.51. The quantitative estimate of drug-likeness (QED) is 0.355. The average Bonchev–Trinajstić information content (AvgIpc) is 3.49. The Labute approximate surface area is 175 Å². The number of thiazole rings is 2. The molecular weight excluding hydrogens is 402 g/mol. The molecule has 0 radical (unpaired) electrons. The lowest BCUT2D eigenvalue weighted by atomic mass is 10.1. The number of amides is 1. The Balaban J connectivity index is 1.60. The number of hydrogen-bond donors (Lipinski definition) is 0. The third-order valence-electron chi connectivity index (χ3n) is 4.72. The van der Waals surface area contributed by atoms with E-state index in [-0.39, 0.29) is 5.91 Å². The molecule has 5 rings (SSSR count). The zero-order valence-electron chi connectivity index (χ0n) is 15.7. The van der Waals surface area contributed by atoms with E-state index in [1.165, 1.54) is 28.2 Å². The first-order valence-corrected chi connectivity index (χ1v) is 10.9. The van der Waals surface area contributed by atoms with Gasteiger partial charge in [0.15, 0.2) is 10.1 Å². The monoisotopic (exact) mass is 419 g/mol. The number of carbonyl (C=O) groups is 1. The van der Waals surface area contributed by atoms with E-state index in [1.54, 1.807) is 11.2 Å². The molecule has 0 aliphatic rings. The van der Waals surface area contributed by atoms with E-state index in [0.717, 1.165) is 26.9 Å². The number of para-hydroxylation sites is 2. The zero-order valence-corrected chi connectivity index (χ0v) is 17.3. The van der Waals surface area contributed by atoms with Crippen LogP contribution in [0.3, 0.4) is 0 Å². The molecule has 29 heavy (non-hydrogen) atoms. The molecule has 0 spiro atoms. The fourth-order valence-electron chi connectivity index (χ4n) is 3.26. The Morgan fingerprint density at radius 3 is 2.66 bits per heavy atom. The predicted octanol–water partition coefficient (Wildman–Crippen LogP) is 5.91. The summed E-state index contributed by atoms with van der Waals surface area (Å²) in [6, 6.07) is 17.6. The maximum absolute atomic E-state index is 13.5. The van der Waals surface area contributed by atoms with Crippen molar-refractivity contribution in [1.82, 2.24) is 9.97 Å². The number of anilines is 1. The van der Waals surface area contributed by atoms with Crippen LogP contribution in [0.1, 0.15) is 28.0 Å². The van der Waals surface area contributed by atoms with E-state index in [0.29, 0.717) is 22.4 Å². The second kappa shape index (κ2) is 7.42. The highest BCUT2D eigenvalue weighted by Crippen LogP contribution is 2.33. The van der Waals surface area contributed by atoms with Gasteiger partial charge in [0.25, 0.3) is 5.91 Å². The van der Waals surface area contributed by atoms with Gasteiger partial charge in [-0.3, -0.25) is 9.69 Å². The van der Waals surface area contributed by atoms with Crippen LogP contribution in [-0.2, 0) is 13.0 Å². The van der Waals surface area contributed by atoms with E-state index in [2.05, 4.69) is 18.0 Å². The lowest BCUT2D eigenvalue weighted by molar-refractivity contribution is 0.0983. The second-order valence-electron chi connectivity index (χ2n) is 6.57. The molecule has 0 aliphatic heterocycles. The van der Waals surface area contributed by atoms with Crippen molar-refractivity contribution < 1.29 is 9.21 Å². The van der Waals surface area contributed by atoms with Gasteiger partial charge in [-0.15, -0.1) is 11.3 Å². The summed E-state index contributed by atoms with van der Waals surface area (Å²) in [4.78, 5) is 24.5. The third kappa shape index (κ3) is 3.32. The van der Waals surface area contributed by atoms with Crippen molar-refractivity contribution >= 4 is 54.1 Å². The number of nitrogens with zero attached hydrogens (tertiary/aromatic N) is 3. The van der Waals surface area contributed by atoms with Gasteiger partial charge >= 0.3 is 0 Å². The van der Waals surface area contributed by atoms with Gasteiger partial charge in [0.1, 0.15) is 5.76 Å². The van der Waals surface area contributed by atoms with Crippen molar-refractivity contribution in [2.75, 3.05) is 4.90 Å². The molecule has 5 aromatic rings. The summed E-state index contributed by atoms with van der Waals surface area (Å²) >= 11 is 2.92. The number of aromatic nitrogens is 2. The molecule has 0 atom stereocenters. The van der Waals surface area contributed by atoms with Crippen molar-refractivity contribution in [3.8, 4) is 0 Å². The molecular formula is C22H17N3O2S2. The van der Waals surface area contributed by atoms with Crippen LogP contribution < -0.4 is 4.90 Å². The van der Waals surface area contributed by atoms with Crippen molar-refractivity contribution in [3.05, 3.63) is 77.2 Å². The topological polar surface area (TPSA) is 59.2 Å². The van der Waals surface area contributed by atoms with Crippen LogP contribution in [0.5, 0.6) is 0 Å². The van der Waals surface area contributed by atoms with Crippen LogP contribution >= 0.6 is 22.7 Å². The van der Waals surface area contributed by atoms with Crippen LogP contribution in [0.25, 0.3) is 20.4 Å². The van der Waals surface area contributed by atoms with E-state index >= 15 is 0 Å². The molecule has 5 nitrogen and oxygen atoms in total. The molecule has 144 valence electrons. The lowest BCUT2D eigenvalue weighted by Crippen LogP contribution is -2.30. The van der Waals surface area contributed by atoms with Gasteiger partial charge < -0.3 is 4.42 Å². The van der Waals surface area contributed by atoms with Gasteiger partial charge in [0.2, 0.25) is 0 Å². The summed E-state index contributed by atoms with van der Waals surface area (Å²) in [5.41, 5.74) is 2.96. The van der Waals surface area contributed by atoms with Gasteiger partial charge in [-0.1, -0.05) is 42.5 Å². The smallest absolute Gasteiger partial charge is 0.289 e. The molecule has 0 fully saturated rings. The van der Waals surface area contributed by atoms with Crippen molar-refractivity contribution in [3.63, 3.8) is 0 Å². The summed E-state index contributed by atoms with van der Waals surface area (Å²) in [6.45, 7) is 2.42. The SMILES string of the molecule is CCc1cccc2sc(N(Cc3ccco3)C(=O)c3nc4ccccc4s3)nc12. The highest BCUT2D eigenvalue weighted by atomic mass is 32.1. The molecule has 0 bridgehead atoms. The number of benzene rings is 2. The van der Waals surface area contributed by atoms with Gasteiger partial charge in [0, 0.05) is 0 Å². The first-order chi connectivity index (χ1) is 14.2. The Bertz CT molecular complexity index is 1270. The molecule has 7 heteroatoms. The number of hydrogen-bond acceptors (Lipinski definition) is 6. The molecule has 3 aromatic heterocycles. The van der Waals surface area contributed by atoms with Gasteiger partial charge in [0.05, 0.1) is 33.2 Å². The fraction of sp³-hybridized carbons (Fsp3) is 0.136. The fourth-order valence-corrected chi connectivity index (χ4v) is 5.18. The van der Waals surface area contributed by atoms with Crippen molar-refractivity contribution in [2.45, 2.75) is 19.9 Å². The number of carbonyl (C=O) groups excluding carboxylic acids is 1. The molecule has 0 saturated carbocycles. The minimum atomic E-state index is -0.167. The molecule has 2 aromatic carbocycles. The summed E-state index contributed by atoms with van der Waals surface area (Å²) < 4.78 is 7.58. The zero-order chi connectivity index (χ0) is 19.8. The highest BCUT2D eigenvalue weighted by molar-refractivity contribution is 7.23. The molecule has 0 unspecified atom stereocenters. The van der Waals surface area contributed by atoms with Crippen LogP contribution in [0, 0.1) is 0 Å². The van der Waals surface area contributed by atoms with Crippen LogP contribution in [0.15, 0.2) is 65.3 Å². The van der Waals surface area contributed by atoms with E-state index in [4.69, 9.17) is 9.40 Å². The Morgan fingerprint density at radius 2 is 1.86 bits per heavy atom. The number of furan rings is 1. The maximum atomic E-state index is 13.5. The van der Waals surface area contributed by atoms with Crippen LogP contribution in [-0.4, -0.2) is 15.9 Å². The van der Waals surface area contributed by atoms with Crippen LogP contribution in [0.2, 0.25) is 0 Å². The highest BCUT2D eigenvalue weighted by Gasteiger charge is 2.25. The van der Waals surface area contributed by atoms with Gasteiger partial charge in [-0.05, 0) is 42.3 Å². The standard InChI is InChI=1S/C22H17N3O2S2/c1-2-14-7-5-11-18-19(14)24-22(29-18)25(13-15-8-6-12-27-15)21(26)20-23-16-9-3-4-10-17(16)28-20/h3-12H,2,13H2,1H3. The molecule has 1 amide bonds. The number of rotatable bonds is 5. The largest absolute Gasteiger partial charge is 0.467 e. The Hall–Kier alpha value is -3.03. The predicted molar refractivity (Wildman–Crippen MR) is 118 cm³/mol. The summed E-state index contributed by atoms with van der Waals surface area (Å²) in [5, 5.41) is 1.11. The molecule has 0 saturated heterocycles. The van der Waals surface area contributed by atoms with E-state index in [1.807, 2.05) is 48.5 Å². The van der Waals surface area contributed by atoms with Crippen molar-refractivity contribution in [2.24, 2.45) is 0 Å². The summed E-state index contributed by atoms with van der Waals surface area (Å²) in [7, 11) is 0. The summed E-state index contributed by atoms with van der Waals surface area (Å²) in [5.74, 6) is 0.536. The van der Waals surface area contributed by atoms with Gasteiger partial charge in [-0.25, -0.2) is 9.97 Å². The first kappa shape index (κ1) is 18.0. The number of aryl methyl sites for hydroxylation is 1. The first-order valence-electron chi connectivity index (χ1n) is 9.31. The van der Waals surface area contributed by atoms with Crippen molar-refractivity contribution in [1.29, 1.82) is 0 Å². The van der Waals surface area contributed by atoms with E-state index in [9.17, 15) is 4.79 Å². The van der Waals surface area contributed by atoms with E-state index < -0.39 is 0 Å². The Morgan fingerprint density at radius 1 is 1.00 bits per heavy atom. The lowest BCUT2D eigenvalue weighted by Gasteiger charge is -2.17. The molecule has 3 heterocycles. The normalized spacial score (nSPS) is 11.3. The third-order valence-corrected chi connectivity index (χ3v) is 6.79. The maximum Gasteiger partial charge on any atom is 0.289 e. The van der Waals surface area contributed by atoms with Crippen LogP contribution in [0.4, 0.5) is 5.13 Å². The van der Waals surface area contributed by atoms with Gasteiger partial charge in [-0.2, -0.15) is 0 Å². The minimum Gasteiger partial charge on any atom is -0.467 e. The molecule has 0 N–H and O–H groups in total. The second-order valence-corrected chi connectivity index (χ2v) is 8.61. The Kier molecular flexibility index (Phi) is 4.61. The minimum absolute atomic E-state index is 0.167. The number of fused-ring (bicyclic) bond motifs is 2. The molecule has 0 aliphatic carbocycles. The average molecular weight is 420 g/mol.